The topological polar surface area (TPSA) is 130 Å². The number of β-amino-alcohol motifs (C(OH)–C–C–N with tert-alkyl or cyclic N) is 1. The summed E-state index contributed by atoms with van der Waals surface area (Å²) < 4.78 is 26.9. The molecule has 0 bridgehead atoms. The molecule has 0 spiro atoms. The monoisotopic (exact) mass is 468 g/mol. The van der Waals surface area contributed by atoms with E-state index in [1.807, 2.05) is 6.07 Å². The second-order valence-electron chi connectivity index (χ2n) is 8.74. The van der Waals surface area contributed by atoms with Gasteiger partial charge in [-0.1, -0.05) is 18.2 Å². The van der Waals surface area contributed by atoms with Crippen molar-refractivity contribution in [1.29, 1.82) is 5.26 Å². The fourth-order valence-corrected chi connectivity index (χ4v) is 3.84. The normalized spacial score (nSPS) is 21.6. The zero-order valence-electron chi connectivity index (χ0n) is 18.8. The van der Waals surface area contributed by atoms with Gasteiger partial charge in [0.2, 0.25) is 0 Å². The number of aliphatic hydroxyl groups is 1. The van der Waals surface area contributed by atoms with E-state index in [4.69, 9.17) is 9.15 Å². The lowest BCUT2D eigenvalue weighted by molar-refractivity contribution is -0.135. The van der Waals surface area contributed by atoms with Gasteiger partial charge in [0.25, 0.3) is 5.91 Å². The van der Waals surface area contributed by atoms with Crippen LogP contribution in [0.4, 0.5) is 4.39 Å². The van der Waals surface area contributed by atoms with Gasteiger partial charge in [-0.2, -0.15) is 5.26 Å². The summed E-state index contributed by atoms with van der Waals surface area (Å²) in [6.45, 7) is 2.04. The summed E-state index contributed by atoms with van der Waals surface area (Å²) in [5.41, 5.74) is 1.52. The van der Waals surface area contributed by atoms with Gasteiger partial charge in [0.15, 0.2) is 5.58 Å². The Morgan fingerprint density at radius 1 is 1.38 bits per heavy atom. The molecule has 1 saturated heterocycles. The summed E-state index contributed by atoms with van der Waals surface area (Å²) in [4.78, 5) is 24.2. The average Bonchev–Trinajstić information content (AvgIpc) is 2.96. The first-order valence-electron chi connectivity index (χ1n) is 10.8. The predicted molar refractivity (Wildman–Crippen MR) is 121 cm³/mol. The standard InChI is InChI=1S/C24H25FN4O5/c1-24(32)12-27-11-21(33-13-24)22(30)28-17(10-26)7-16-4-3-14(8-18(16)25)15-5-6-20-19(9-15)29(2)23(31)34-20/h3-6,8-9,17,21,27,32H,7,11-13H2,1-2H3,(H,28,30)/t17-,21?,24?/m0/s1. The molecule has 0 aliphatic carbocycles. The summed E-state index contributed by atoms with van der Waals surface area (Å²) in [7, 11) is 1.59. The van der Waals surface area contributed by atoms with E-state index in [0.717, 1.165) is 0 Å². The van der Waals surface area contributed by atoms with E-state index in [0.29, 0.717) is 22.2 Å². The molecule has 2 aromatic carbocycles. The Bertz CT molecular complexity index is 1320. The van der Waals surface area contributed by atoms with Crippen molar-refractivity contribution in [3.63, 3.8) is 0 Å². The number of nitriles is 1. The quantitative estimate of drug-likeness (QED) is 0.514. The van der Waals surface area contributed by atoms with E-state index in [9.17, 15) is 24.3 Å². The zero-order valence-corrected chi connectivity index (χ0v) is 18.8. The molecule has 3 aromatic rings. The van der Waals surface area contributed by atoms with Crippen molar-refractivity contribution in [2.45, 2.75) is 31.1 Å². The van der Waals surface area contributed by atoms with E-state index in [1.165, 1.54) is 10.6 Å². The number of carbonyl (C=O) groups excluding carboxylic acids is 1. The van der Waals surface area contributed by atoms with Crippen LogP contribution in [0.3, 0.4) is 0 Å². The lowest BCUT2D eigenvalue weighted by atomic mass is 10.00. The maximum absolute atomic E-state index is 14.9. The number of aromatic nitrogens is 1. The number of ether oxygens (including phenoxy) is 1. The number of rotatable bonds is 5. The van der Waals surface area contributed by atoms with Gasteiger partial charge in [0.05, 0.1) is 23.8 Å². The molecule has 0 radical (unpaired) electrons. The predicted octanol–water partition coefficient (Wildman–Crippen LogP) is 1.23. The second-order valence-corrected chi connectivity index (χ2v) is 8.74. The molecule has 1 amide bonds. The molecule has 34 heavy (non-hydrogen) atoms. The first kappa shape index (κ1) is 23.6. The minimum absolute atomic E-state index is 0.0236. The number of halogens is 1. The number of benzene rings is 2. The lowest BCUT2D eigenvalue weighted by Gasteiger charge is -2.21. The Kier molecular flexibility index (Phi) is 6.52. The number of hydrogen-bond donors (Lipinski definition) is 3. The average molecular weight is 468 g/mol. The van der Waals surface area contributed by atoms with Crippen molar-refractivity contribution < 1.29 is 23.4 Å². The Labute approximate surface area is 194 Å². The molecule has 0 saturated carbocycles. The maximum Gasteiger partial charge on any atom is 0.419 e. The fourth-order valence-electron chi connectivity index (χ4n) is 3.84. The van der Waals surface area contributed by atoms with E-state index in [2.05, 4.69) is 10.6 Å². The highest BCUT2D eigenvalue weighted by Crippen LogP contribution is 2.26. The summed E-state index contributed by atoms with van der Waals surface area (Å²) in [5, 5.41) is 25.1. The van der Waals surface area contributed by atoms with Gasteiger partial charge in [-0.25, -0.2) is 9.18 Å². The second kappa shape index (κ2) is 9.38. The van der Waals surface area contributed by atoms with Crippen LogP contribution in [0.2, 0.25) is 0 Å². The number of nitrogens with zero attached hydrogens (tertiary/aromatic N) is 2. The lowest BCUT2D eigenvalue weighted by Crippen LogP contribution is -2.46. The van der Waals surface area contributed by atoms with E-state index < -0.39 is 35.2 Å². The van der Waals surface area contributed by atoms with Crippen LogP contribution >= 0.6 is 0 Å². The van der Waals surface area contributed by atoms with Crippen LogP contribution < -0.4 is 16.4 Å². The third kappa shape index (κ3) is 5.02. The first-order valence-corrected chi connectivity index (χ1v) is 10.8. The summed E-state index contributed by atoms with van der Waals surface area (Å²) in [6, 6.07) is 10.8. The smallest absolute Gasteiger partial charge is 0.408 e. The van der Waals surface area contributed by atoms with Crippen LogP contribution in [0.5, 0.6) is 0 Å². The van der Waals surface area contributed by atoms with Crippen LogP contribution in [-0.2, 0) is 23.0 Å². The molecule has 3 N–H and O–H groups in total. The molecular weight excluding hydrogens is 443 g/mol. The Morgan fingerprint density at radius 3 is 2.85 bits per heavy atom. The molecule has 2 unspecified atom stereocenters. The van der Waals surface area contributed by atoms with E-state index in [-0.39, 0.29) is 31.7 Å². The van der Waals surface area contributed by atoms with Crippen molar-refractivity contribution in [3.8, 4) is 17.2 Å². The largest absolute Gasteiger partial charge is 0.419 e. The van der Waals surface area contributed by atoms with E-state index >= 15 is 0 Å². The molecule has 1 aliphatic heterocycles. The SMILES string of the molecule is Cn1c(=O)oc2ccc(-c3ccc(C[C@@H](C#N)NC(=O)C4CNCC(C)(O)CO4)c(F)c3)cc21. The van der Waals surface area contributed by atoms with Gasteiger partial charge in [-0.05, 0) is 41.8 Å². The molecule has 178 valence electrons. The van der Waals surface area contributed by atoms with Crippen molar-refractivity contribution >= 4 is 17.0 Å². The van der Waals surface area contributed by atoms with Crippen molar-refractivity contribution in [3.05, 3.63) is 58.3 Å². The molecule has 1 aliphatic rings. The van der Waals surface area contributed by atoms with E-state index in [1.54, 1.807) is 44.3 Å². The van der Waals surface area contributed by atoms with Gasteiger partial charge < -0.3 is 24.9 Å². The van der Waals surface area contributed by atoms with Crippen LogP contribution in [0.25, 0.3) is 22.2 Å². The molecule has 9 nitrogen and oxygen atoms in total. The van der Waals surface area contributed by atoms with Crippen molar-refractivity contribution in [2.24, 2.45) is 7.05 Å². The summed E-state index contributed by atoms with van der Waals surface area (Å²) in [5.74, 6) is -1.50. The number of aryl methyl sites for hydroxylation is 1. The number of amides is 1. The van der Waals surface area contributed by atoms with Crippen LogP contribution in [0.1, 0.15) is 12.5 Å². The first-order chi connectivity index (χ1) is 16.2. The highest BCUT2D eigenvalue weighted by Gasteiger charge is 2.31. The number of carbonyl (C=O) groups is 1. The Hall–Kier alpha value is -3.52. The third-order valence-corrected chi connectivity index (χ3v) is 5.80. The number of oxazole rings is 1. The summed E-state index contributed by atoms with van der Waals surface area (Å²) >= 11 is 0. The van der Waals surface area contributed by atoms with Crippen LogP contribution in [0.15, 0.2) is 45.6 Å². The van der Waals surface area contributed by atoms with Gasteiger partial charge >= 0.3 is 5.76 Å². The van der Waals surface area contributed by atoms with Crippen molar-refractivity contribution in [1.82, 2.24) is 15.2 Å². The zero-order chi connectivity index (χ0) is 24.5. The Morgan fingerprint density at radius 2 is 2.12 bits per heavy atom. The molecule has 4 rings (SSSR count). The molecule has 1 aromatic heterocycles. The number of fused-ring (bicyclic) bond motifs is 1. The number of nitrogens with one attached hydrogen (secondary N) is 2. The van der Waals surface area contributed by atoms with Gasteiger partial charge in [-0.15, -0.1) is 0 Å². The fraction of sp³-hybridized carbons (Fsp3) is 0.375. The van der Waals surface area contributed by atoms with Crippen LogP contribution in [-0.4, -0.2) is 53.0 Å². The maximum atomic E-state index is 14.9. The highest BCUT2D eigenvalue weighted by molar-refractivity contribution is 5.82. The molecule has 3 atom stereocenters. The minimum atomic E-state index is -1.09. The molecule has 10 heteroatoms. The van der Waals surface area contributed by atoms with Gasteiger partial charge in [0.1, 0.15) is 18.0 Å². The Balaban J connectivity index is 1.46. The van der Waals surface area contributed by atoms with Crippen molar-refractivity contribution in [2.75, 3.05) is 19.7 Å². The molecule has 1 fully saturated rings. The number of hydrogen-bond acceptors (Lipinski definition) is 7. The molecule has 2 heterocycles. The third-order valence-electron chi connectivity index (χ3n) is 5.80. The minimum Gasteiger partial charge on any atom is -0.408 e. The highest BCUT2D eigenvalue weighted by atomic mass is 19.1. The van der Waals surface area contributed by atoms with Crippen LogP contribution in [0, 0.1) is 17.1 Å². The van der Waals surface area contributed by atoms with Gasteiger partial charge in [0, 0.05) is 26.6 Å². The summed E-state index contributed by atoms with van der Waals surface area (Å²) in [6.07, 6.45) is -0.896. The van der Waals surface area contributed by atoms with Gasteiger partial charge in [-0.3, -0.25) is 9.36 Å². The molecular formula is C24H25FN4O5.